The van der Waals surface area contributed by atoms with Gasteiger partial charge in [0, 0.05) is 38.1 Å². The number of likely N-dealkylation sites (tertiary alicyclic amines) is 1. The molecule has 1 N–H and O–H groups in total. The average Bonchev–Trinajstić information content (AvgIpc) is 3.21. The molecule has 0 radical (unpaired) electrons. The van der Waals surface area contributed by atoms with Gasteiger partial charge in [0.2, 0.25) is 0 Å². The summed E-state index contributed by atoms with van der Waals surface area (Å²) in [7, 11) is 0. The monoisotopic (exact) mass is 382 g/mol. The molecule has 1 aliphatic heterocycles. The van der Waals surface area contributed by atoms with Crippen LogP contribution in [0, 0.1) is 0 Å². The van der Waals surface area contributed by atoms with Crippen LogP contribution in [0.1, 0.15) is 18.4 Å². The van der Waals surface area contributed by atoms with E-state index in [1.165, 1.54) is 16.3 Å². The van der Waals surface area contributed by atoms with Crippen LogP contribution in [-0.2, 0) is 13.1 Å². The fourth-order valence-electron chi connectivity index (χ4n) is 3.43. The molecule has 0 aromatic carbocycles. The summed E-state index contributed by atoms with van der Waals surface area (Å²) >= 11 is 1.58. The van der Waals surface area contributed by atoms with Gasteiger partial charge in [0.1, 0.15) is 5.69 Å². The van der Waals surface area contributed by atoms with Crippen molar-refractivity contribution in [2.75, 3.05) is 13.1 Å². The highest BCUT2D eigenvalue weighted by Gasteiger charge is 2.33. The third-order valence-corrected chi connectivity index (χ3v) is 5.89. The van der Waals surface area contributed by atoms with Crippen molar-refractivity contribution >= 4 is 11.3 Å². The second-order valence-electron chi connectivity index (χ2n) is 7.05. The second-order valence-corrected chi connectivity index (χ2v) is 8.00. The van der Waals surface area contributed by atoms with E-state index in [9.17, 15) is 9.90 Å². The number of hydrogen-bond donors (Lipinski definition) is 1. The summed E-state index contributed by atoms with van der Waals surface area (Å²) in [4.78, 5) is 19.7. The summed E-state index contributed by atoms with van der Waals surface area (Å²) in [5, 5.41) is 17.5. The largest absolute Gasteiger partial charge is 0.388 e. The molecule has 6 nitrogen and oxygen atoms in total. The standard InChI is InChI=1S/C20H22N4O2S/c25-19-6-5-17(18-4-2-12-27-18)22-24(19)15-20(26)7-10-23(11-8-20)14-16-3-1-9-21-13-16/h1-6,9,12-13,26H,7-8,10-11,14-15H2. The Hall–Kier alpha value is -2.35. The summed E-state index contributed by atoms with van der Waals surface area (Å²) in [6, 6.07) is 11.2. The first-order chi connectivity index (χ1) is 13.1. The smallest absolute Gasteiger partial charge is 0.266 e. The van der Waals surface area contributed by atoms with Crippen molar-refractivity contribution in [2.24, 2.45) is 0 Å². The number of pyridine rings is 1. The molecule has 0 saturated carbocycles. The lowest BCUT2D eigenvalue weighted by molar-refractivity contribution is -0.0389. The van der Waals surface area contributed by atoms with E-state index >= 15 is 0 Å². The Kier molecular flexibility index (Phi) is 5.15. The van der Waals surface area contributed by atoms with Gasteiger partial charge in [-0.3, -0.25) is 14.7 Å². The van der Waals surface area contributed by atoms with Gasteiger partial charge in [0.15, 0.2) is 0 Å². The highest BCUT2D eigenvalue weighted by Crippen LogP contribution is 2.25. The second kappa shape index (κ2) is 7.72. The number of aliphatic hydroxyl groups is 1. The maximum absolute atomic E-state index is 12.2. The van der Waals surface area contributed by atoms with Gasteiger partial charge in [-0.1, -0.05) is 12.1 Å². The van der Waals surface area contributed by atoms with Gasteiger partial charge >= 0.3 is 0 Å². The van der Waals surface area contributed by atoms with Crippen molar-refractivity contribution in [1.82, 2.24) is 19.7 Å². The topological polar surface area (TPSA) is 71.2 Å². The fraction of sp³-hybridized carbons (Fsp3) is 0.350. The first-order valence-electron chi connectivity index (χ1n) is 9.07. The molecule has 1 fully saturated rings. The van der Waals surface area contributed by atoms with Gasteiger partial charge in [-0.15, -0.1) is 11.3 Å². The predicted molar refractivity (Wildman–Crippen MR) is 106 cm³/mol. The van der Waals surface area contributed by atoms with Crippen molar-refractivity contribution in [3.05, 3.63) is 70.1 Å². The Labute approximate surface area is 161 Å². The zero-order valence-corrected chi connectivity index (χ0v) is 15.8. The van der Waals surface area contributed by atoms with Gasteiger partial charge in [-0.25, -0.2) is 4.68 Å². The molecule has 0 bridgehead atoms. The number of aromatic nitrogens is 3. The van der Waals surface area contributed by atoms with E-state index in [2.05, 4.69) is 21.0 Å². The maximum atomic E-state index is 12.2. The molecule has 1 aliphatic rings. The van der Waals surface area contributed by atoms with E-state index in [4.69, 9.17) is 0 Å². The molecule has 7 heteroatoms. The molecule has 0 atom stereocenters. The molecule has 0 spiro atoms. The number of rotatable bonds is 5. The van der Waals surface area contributed by atoms with Gasteiger partial charge in [0.05, 0.1) is 17.0 Å². The first kappa shape index (κ1) is 18.0. The van der Waals surface area contributed by atoms with Crippen LogP contribution in [0.4, 0.5) is 0 Å². The van der Waals surface area contributed by atoms with Crippen molar-refractivity contribution in [3.63, 3.8) is 0 Å². The van der Waals surface area contributed by atoms with Crippen LogP contribution >= 0.6 is 11.3 Å². The Bertz CT molecular complexity index is 932. The zero-order valence-electron chi connectivity index (χ0n) is 15.0. The van der Waals surface area contributed by atoms with Crippen LogP contribution in [0.5, 0.6) is 0 Å². The van der Waals surface area contributed by atoms with Crippen molar-refractivity contribution in [2.45, 2.75) is 31.5 Å². The van der Waals surface area contributed by atoms with E-state index < -0.39 is 5.60 Å². The van der Waals surface area contributed by atoms with Gasteiger partial charge in [0.25, 0.3) is 5.56 Å². The third kappa shape index (κ3) is 4.32. The SMILES string of the molecule is O=c1ccc(-c2cccs2)nn1CC1(O)CCN(Cc2cccnc2)CC1. The molecule has 3 aromatic rings. The highest BCUT2D eigenvalue weighted by atomic mass is 32.1. The minimum atomic E-state index is -0.906. The van der Waals surface area contributed by atoms with E-state index in [0.717, 1.165) is 30.2 Å². The molecule has 0 aliphatic carbocycles. The molecule has 0 amide bonds. The lowest BCUT2D eigenvalue weighted by atomic mass is 9.91. The number of nitrogens with zero attached hydrogens (tertiary/aromatic N) is 4. The number of piperidine rings is 1. The normalized spacial score (nSPS) is 17.1. The maximum Gasteiger partial charge on any atom is 0.266 e. The van der Waals surface area contributed by atoms with Gasteiger partial charge in [-0.05, 0) is 42.0 Å². The Morgan fingerprint density at radius 1 is 1.15 bits per heavy atom. The van der Waals surface area contributed by atoms with Crippen LogP contribution in [-0.4, -0.2) is 43.5 Å². The lowest BCUT2D eigenvalue weighted by Crippen LogP contribution is -2.48. The molecular formula is C20H22N4O2S. The summed E-state index contributed by atoms with van der Waals surface area (Å²) in [6.07, 6.45) is 4.88. The fourth-order valence-corrected chi connectivity index (χ4v) is 4.12. The molecule has 1 saturated heterocycles. The van der Waals surface area contributed by atoms with Gasteiger partial charge in [-0.2, -0.15) is 5.10 Å². The van der Waals surface area contributed by atoms with Crippen molar-refractivity contribution in [3.8, 4) is 10.6 Å². The molecule has 0 unspecified atom stereocenters. The van der Waals surface area contributed by atoms with E-state index in [-0.39, 0.29) is 12.1 Å². The summed E-state index contributed by atoms with van der Waals surface area (Å²) in [6.45, 7) is 2.62. The highest BCUT2D eigenvalue weighted by molar-refractivity contribution is 7.13. The average molecular weight is 382 g/mol. The molecule has 3 aromatic heterocycles. The number of thiophene rings is 1. The quantitative estimate of drug-likeness (QED) is 0.734. The minimum absolute atomic E-state index is 0.179. The molecule has 140 valence electrons. The molecule has 4 heterocycles. The first-order valence-corrected chi connectivity index (χ1v) is 9.95. The van der Waals surface area contributed by atoms with E-state index in [1.54, 1.807) is 23.6 Å². The molecular weight excluding hydrogens is 360 g/mol. The minimum Gasteiger partial charge on any atom is -0.388 e. The van der Waals surface area contributed by atoms with E-state index in [0.29, 0.717) is 12.8 Å². The van der Waals surface area contributed by atoms with Crippen molar-refractivity contribution < 1.29 is 5.11 Å². The van der Waals surface area contributed by atoms with E-state index in [1.807, 2.05) is 29.8 Å². The van der Waals surface area contributed by atoms with Crippen molar-refractivity contribution in [1.29, 1.82) is 0 Å². The Morgan fingerprint density at radius 2 is 2.00 bits per heavy atom. The summed E-state index contributed by atoms with van der Waals surface area (Å²) < 4.78 is 1.41. The van der Waals surface area contributed by atoms with Crippen LogP contribution in [0.25, 0.3) is 10.6 Å². The molecule has 27 heavy (non-hydrogen) atoms. The van der Waals surface area contributed by atoms with Crippen LogP contribution in [0.2, 0.25) is 0 Å². The Balaban J connectivity index is 1.43. The van der Waals surface area contributed by atoms with Crippen LogP contribution in [0.15, 0.2) is 59.0 Å². The predicted octanol–water partition coefficient (Wildman–Crippen LogP) is 2.39. The third-order valence-electron chi connectivity index (χ3n) is 5.00. The Morgan fingerprint density at radius 3 is 2.70 bits per heavy atom. The summed E-state index contributed by atoms with van der Waals surface area (Å²) in [5.74, 6) is 0. The lowest BCUT2D eigenvalue weighted by Gasteiger charge is -2.38. The van der Waals surface area contributed by atoms with Crippen LogP contribution < -0.4 is 5.56 Å². The zero-order chi connectivity index (χ0) is 18.7. The summed E-state index contributed by atoms with van der Waals surface area (Å²) in [5.41, 5.74) is 0.851. The van der Waals surface area contributed by atoms with Crippen LogP contribution in [0.3, 0.4) is 0 Å². The van der Waals surface area contributed by atoms with Gasteiger partial charge < -0.3 is 5.11 Å². The number of hydrogen-bond acceptors (Lipinski definition) is 6. The molecule has 4 rings (SSSR count).